The van der Waals surface area contributed by atoms with Crippen LogP contribution in [0.3, 0.4) is 0 Å². The van der Waals surface area contributed by atoms with Gasteiger partial charge in [0, 0.05) is 31.8 Å². The predicted molar refractivity (Wildman–Crippen MR) is 118 cm³/mol. The van der Waals surface area contributed by atoms with Gasteiger partial charge in [-0.2, -0.15) is 0 Å². The van der Waals surface area contributed by atoms with Crippen molar-refractivity contribution in [1.82, 2.24) is 25.6 Å². The van der Waals surface area contributed by atoms with Crippen molar-refractivity contribution in [2.45, 2.75) is 26.2 Å². The SMILES string of the molecule is CCc1cc2ncc(Cc3nc(C(=O)NC)ccc3C3=CCNCC3)cc2[nH]c1=O. The maximum absolute atomic E-state index is 12.2. The standard InChI is InChI=1S/C23H25N5O2/c1-3-15-12-20-21(28-22(15)29)11-14(13-26-20)10-19-17(16-6-8-25-9-7-16)4-5-18(27-19)23(30)24-2/h4-6,11-13,25H,3,7-10H2,1-2H3,(H,24,30)(H,28,29). The number of hydrogen-bond acceptors (Lipinski definition) is 5. The summed E-state index contributed by atoms with van der Waals surface area (Å²) in [6.07, 6.45) is 6.08. The van der Waals surface area contributed by atoms with Crippen molar-refractivity contribution in [2.24, 2.45) is 0 Å². The maximum Gasteiger partial charge on any atom is 0.269 e. The molecule has 1 amide bonds. The lowest BCUT2D eigenvalue weighted by Gasteiger charge is -2.18. The van der Waals surface area contributed by atoms with Gasteiger partial charge in [-0.05, 0) is 54.3 Å². The van der Waals surface area contributed by atoms with Crippen LogP contribution >= 0.6 is 0 Å². The average Bonchev–Trinajstić information content (AvgIpc) is 2.78. The number of amides is 1. The lowest BCUT2D eigenvalue weighted by Crippen LogP contribution is -2.22. The number of fused-ring (bicyclic) bond motifs is 1. The molecule has 0 saturated carbocycles. The van der Waals surface area contributed by atoms with Crippen molar-refractivity contribution >= 4 is 22.5 Å². The molecule has 0 atom stereocenters. The summed E-state index contributed by atoms with van der Waals surface area (Å²) in [5, 5.41) is 5.96. The minimum Gasteiger partial charge on any atom is -0.354 e. The Morgan fingerprint density at radius 3 is 2.87 bits per heavy atom. The molecule has 0 bridgehead atoms. The third-order valence-electron chi connectivity index (χ3n) is 5.42. The third-order valence-corrected chi connectivity index (χ3v) is 5.42. The highest BCUT2D eigenvalue weighted by Crippen LogP contribution is 2.25. The van der Waals surface area contributed by atoms with Crippen LogP contribution in [0.1, 0.15) is 46.2 Å². The molecule has 1 aliphatic heterocycles. The molecule has 0 saturated heterocycles. The van der Waals surface area contributed by atoms with Crippen molar-refractivity contribution in [3.63, 3.8) is 0 Å². The molecule has 0 radical (unpaired) electrons. The van der Waals surface area contributed by atoms with Crippen LogP contribution in [0.4, 0.5) is 0 Å². The zero-order valence-electron chi connectivity index (χ0n) is 17.2. The van der Waals surface area contributed by atoms with E-state index in [1.54, 1.807) is 13.1 Å². The van der Waals surface area contributed by atoms with Crippen LogP contribution in [0.15, 0.2) is 41.3 Å². The van der Waals surface area contributed by atoms with Gasteiger partial charge >= 0.3 is 0 Å². The molecule has 154 valence electrons. The minimum absolute atomic E-state index is 0.0794. The fourth-order valence-electron chi connectivity index (χ4n) is 3.77. The van der Waals surface area contributed by atoms with E-state index in [2.05, 4.69) is 31.7 Å². The molecule has 0 unspecified atom stereocenters. The highest BCUT2D eigenvalue weighted by atomic mass is 16.1. The molecule has 4 heterocycles. The first-order chi connectivity index (χ1) is 14.6. The smallest absolute Gasteiger partial charge is 0.269 e. The summed E-state index contributed by atoms with van der Waals surface area (Å²) >= 11 is 0. The number of aryl methyl sites for hydroxylation is 1. The number of rotatable bonds is 5. The second-order valence-corrected chi connectivity index (χ2v) is 7.38. The first-order valence-electron chi connectivity index (χ1n) is 10.2. The van der Waals surface area contributed by atoms with Crippen LogP contribution < -0.4 is 16.2 Å². The summed E-state index contributed by atoms with van der Waals surface area (Å²) in [7, 11) is 1.60. The predicted octanol–water partition coefficient (Wildman–Crippen LogP) is 2.21. The molecule has 4 rings (SSSR count). The van der Waals surface area contributed by atoms with Gasteiger partial charge in [-0.15, -0.1) is 0 Å². The van der Waals surface area contributed by atoms with Crippen molar-refractivity contribution < 1.29 is 4.79 Å². The molecule has 1 aliphatic rings. The highest BCUT2D eigenvalue weighted by molar-refractivity contribution is 5.92. The molecule has 3 aromatic heterocycles. The van der Waals surface area contributed by atoms with Crippen LogP contribution in [-0.4, -0.2) is 41.0 Å². The molecule has 0 aromatic carbocycles. The quantitative estimate of drug-likeness (QED) is 0.607. The first-order valence-corrected chi connectivity index (χ1v) is 10.2. The van der Waals surface area contributed by atoms with Crippen molar-refractivity contribution in [1.29, 1.82) is 0 Å². The fraction of sp³-hybridized carbons (Fsp3) is 0.304. The Kier molecular flexibility index (Phi) is 5.72. The summed E-state index contributed by atoms with van der Waals surface area (Å²) in [6.45, 7) is 3.69. The van der Waals surface area contributed by atoms with Gasteiger partial charge < -0.3 is 15.6 Å². The number of aromatic nitrogens is 3. The van der Waals surface area contributed by atoms with Gasteiger partial charge in [0.05, 0.1) is 16.7 Å². The second kappa shape index (κ2) is 8.59. The molecule has 0 fully saturated rings. The zero-order chi connectivity index (χ0) is 21.1. The van der Waals surface area contributed by atoms with E-state index in [9.17, 15) is 9.59 Å². The number of carbonyl (C=O) groups is 1. The molecule has 0 spiro atoms. The van der Waals surface area contributed by atoms with E-state index in [1.807, 2.05) is 31.3 Å². The molecule has 3 aromatic rings. The average molecular weight is 403 g/mol. The molecule has 7 nitrogen and oxygen atoms in total. The van der Waals surface area contributed by atoms with Crippen LogP contribution in [-0.2, 0) is 12.8 Å². The van der Waals surface area contributed by atoms with E-state index in [-0.39, 0.29) is 11.5 Å². The number of pyridine rings is 3. The Hall–Kier alpha value is -3.32. The van der Waals surface area contributed by atoms with Crippen LogP contribution in [0.25, 0.3) is 16.6 Å². The van der Waals surface area contributed by atoms with Gasteiger partial charge in [0.25, 0.3) is 11.5 Å². The summed E-state index contributed by atoms with van der Waals surface area (Å²) in [6, 6.07) is 7.53. The Balaban J connectivity index is 1.75. The third kappa shape index (κ3) is 4.02. The van der Waals surface area contributed by atoms with Gasteiger partial charge in [0.2, 0.25) is 0 Å². The number of hydrogen-bond donors (Lipinski definition) is 3. The van der Waals surface area contributed by atoms with Gasteiger partial charge in [-0.25, -0.2) is 4.98 Å². The van der Waals surface area contributed by atoms with E-state index >= 15 is 0 Å². The first kappa shape index (κ1) is 20.0. The summed E-state index contributed by atoms with van der Waals surface area (Å²) in [5.74, 6) is -0.213. The van der Waals surface area contributed by atoms with Gasteiger partial charge in [0.15, 0.2) is 0 Å². The molecule has 30 heavy (non-hydrogen) atoms. The molecular weight excluding hydrogens is 378 g/mol. The van der Waals surface area contributed by atoms with Crippen molar-refractivity contribution in [3.05, 3.63) is 75.0 Å². The highest BCUT2D eigenvalue weighted by Gasteiger charge is 2.16. The molecule has 0 aliphatic carbocycles. The fourth-order valence-corrected chi connectivity index (χ4v) is 3.77. The number of H-pyrrole nitrogens is 1. The summed E-state index contributed by atoms with van der Waals surface area (Å²) in [4.78, 5) is 36.5. The minimum atomic E-state index is -0.213. The number of aromatic amines is 1. The second-order valence-electron chi connectivity index (χ2n) is 7.38. The lowest BCUT2D eigenvalue weighted by molar-refractivity contribution is 0.0958. The van der Waals surface area contributed by atoms with E-state index in [4.69, 9.17) is 0 Å². The van der Waals surface area contributed by atoms with Crippen LogP contribution in [0.2, 0.25) is 0 Å². The van der Waals surface area contributed by atoms with Gasteiger partial charge in [0.1, 0.15) is 5.69 Å². The van der Waals surface area contributed by atoms with E-state index in [0.29, 0.717) is 24.1 Å². The molecule has 7 heteroatoms. The lowest BCUT2D eigenvalue weighted by atomic mass is 9.95. The zero-order valence-corrected chi connectivity index (χ0v) is 17.2. The van der Waals surface area contributed by atoms with Crippen molar-refractivity contribution in [2.75, 3.05) is 20.1 Å². The Morgan fingerprint density at radius 1 is 1.27 bits per heavy atom. The van der Waals surface area contributed by atoms with Crippen LogP contribution in [0, 0.1) is 0 Å². The number of carbonyl (C=O) groups excluding carboxylic acids is 1. The monoisotopic (exact) mass is 403 g/mol. The maximum atomic E-state index is 12.2. The van der Waals surface area contributed by atoms with E-state index in [1.165, 1.54) is 5.57 Å². The van der Waals surface area contributed by atoms with E-state index in [0.717, 1.165) is 47.4 Å². The Morgan fingerprint density at radius 2 is 2.13 bits per heavy atom. The van der Waals surface area contributed by atoms with Gasteiger partial charge in [-0.1, -0.05) is 19.1 Å². The largest absolute Gasteiger partial charge is 0.354 e. The van der Waals surface area contributed by atoms with Crippen LogP contribution in [0.5, 0.6) is 0 Å². The number of nitrogens with one attached hydrogen (secondary N) is 3. The van der Waals surface area contributed by atoms with Gasteiger partial charge in [-0.3, -0.25) is 14.6 Å². The summed E-state index contributed by atoms with van der Waals surface area (Å²) in [5.41, 5.74) is 6.56. The normalized spacial score (nSPS) is 13.9. The Bertz CT molecular complexity index is 1200. The van der Waals surface area contributed by atoms with E-state index < -0.39 is 0 Å². The topological polar surface area (TPSA) is 99.8 Å². The molecular formula is C23H25N5O2. The Labute approximate surface area is 174 Å². The molecule has 3 N–H and O–H groups in total. The van der Waals surface area contributed by atoms with Crippen molar-refractivity contribution in [3.8, 4) is 0 Å². The summed E-state index contributed by atoms with van der Waals surface area (Å²) < 4.78 is 0. The number of nitrogens with zero attached hydrogens (tertiary/aromatic N) is 2.